The summed E-state index contributed by atoms with van der Waals surface area (Å²) in [5.74, 6) is -0.727. The SMILES string of the molecule is C#Cc1ccc(NC(=O)c2ccccc2-c2ccc(C(=O)O)cc2)cc1.C#Cc1ccc(NC(=O)c2ccccc2-c2ccccc2C(=O)O)cc1.N#Cc1cc(NC(=O)c2ccccc2C(=O)O)ccc1C(=O)O. The lowest BCUT2D eigenvalue weighted by atomic mass is 9.95. The van der Waals surface area contributed by atoms with Gasteiger partial charge in [0, 0.05) is 39.3 Å². The van der Waals surface area contributed by atoms with Crippen LogP contribution in [0.3, 0.4) is 0 Å². The summed E-state index contributed by atoms with van der Waals surface area (Å²) in [4.78, 5) is 82.2. The summed E-state index contributed by atoms with van der Waals surface area (Å²) in [5, 5.41) is 53.5. The molecule has 366 valence electrons. The van der Waals surface area contributed by atoms with Crippen molar-refractivity contribution in [2.75, 3.05) is 16.0 Å². The number of hydrogen-bond donors (Lipinski definition) is 7. The lowest BCUT2D eigenvalue weighted by molar-refractivity contribution is 0.0684. The molecule has 0 heterocycles. The first-order valence-corrected chi connectivity index (χ1v) is 22.1. The summed E-state index contributed by atoms with van der Waals surface area (Å²) < 4.78 is 0. The third-order valence-electron chi connectivity index (χ3n) is 10.9. The van der Waals surface area contributed by atoms with Crippen LogP contribution < -0.4 is 16.0 Å². The van der Waals surface area contributed by atoms with E-state index in [0.29, 0.717) is 33.6 Å². The van der Waals surface area contributed by atoms with Gasteiger partial charge in [0.15, 0.2) is 0 Å². The van der Waals surface area contributed by atoms with Crippen molar-refractivity contribution in [1.82, 2.24) is 0 Å². The maximum atomic E-state index is 12.7. The summed E-state index contributed by atoms with van der Waals surface area (Å²) in [6, 6.07) is 52.2. The van der Waals surface area contributed by atoms with Gasteiger partial charge < -0.3 is 36.4 Å². The van der Waals surface area contributed by atoms with Gasteiger partial charge in [-0.25, -0.2) is 19.2 Å². The van der Waals surface area contributed by atoms with Gasteiger partial charge >= 0.3 is 23.9 Å². The second kappa shape index (κ2) is 25.0. The van der Waals surface area contributed by atoms with Crippen molar-refractivity contribution < 1.29 is 54.0 Å². The lowest BCUT2D eigenvalue weighted by Crippen LogP contribution is -2.16. The quantitative estimate of drug-likeness (QED) is 0.0564. The van der Waals surface area contributed by atoms with Gasteiger partial charge in [-0.2, -0.15) is 5.26 Å². The monoisotopic (exact) mass is 992 g/mol. The van der Waals surface area contributed by atoms with E-state index in [0.717, 1.165) is 22.3 Å². The van der Waals surface area contributed by atoms with Crippen LogP contribution in [0.15, 0.2) is 188 Å². The molecule has 8 aromatic rings. The average Bonchev–Trinajstić information content (AvgIpc) is 3.43. The van der Waals surface area contributed by atoms with Crippen LogP contribution in [0.2, 0.25) is 0 Å². The van der Waals surface area contributed by atoms with E-state index in [2.05, 4.69) is 27.8 Å². The third kappa shape index (κ3) is 13.7. The first-order chi connectivity index (χ1) is 36.1. The van der Waals surface area contributed by atoms with Crippen molar-refractivity contribution in [2.24, 2.45) is 0 Å². The zero-order valence-electron chi connectivity index (χ0n) is 39.1. The number of nitrogens with one attached hydrogen (secondary N) is 3. The van der Waals surface area contributed by atoms with E-state index in [1.807, 2.05) is 12.1 Å². The fraction of sp³-hybridized carbons (Fsp3) is 0. The van der Waals surface area contributed by atoms with Crippen LogP contribution in [-0.2, 0) is 0 Å². The second-order valence-corrected chi connectivity index (χ2v) is 15.7. The topological polar surface area (TPSA) is 260 Å². The number of aromatic carboxylic acids is 4. The number of carbonyl (C=O) groups excluding carboxylic acids is 3. The Morgan fingerprint density at radius 2 is 0.747 bits per heavy atom. The third-order valence-corrected chi connectivity index (χ3v) is 10.9. The highest BCUT2D eigenvalue weighted by Crippen LogP contribution is 2.29. The van der Waals surface area contributed by atoms with E-state index in [1.54, 1.807) is 121 Å². The number of carboxylic acids is 4. The van der Waals surface area contributed by atoms with E-state index in [1.165, 1.54) is 60.7 Å². The van der Waals surface area contributed by atoms with Crippen molar-refractivity contribution in [1.29, 1.82) is 5.26 Å². The van der Waals surface area contributed by atoms with Gasteiger partial charge in [-0.05, 0) is 131 Å². The Balaban J connectivity index is 0.000000183. The van der Waals surface area contributed by atoms with Crippen LogP contribution in [0.1, 0.15) is 89.2 Å². The minimum Gasteiger partial charge on any atom is -0.478 e. The second-order valence-electron chi connectivity index (χ2n) is 15.7. The smallest absolute Gasteiger partial charge is 0.337 e. The zero-order chi connectivity index (χ0) is 54.0. The van der Waals surface area contributed by atoms with Crippen LogP contribution in [0.4, 0.5) is 17.1 Å². The number of carbonyl (C=O) groups is 7. The average molecular weight is 993 g/mol. The first-order valence-electron chi connectivity index (χ1n) is 22.1. The Morgan fingerprint density at radius 1 is 0.373 bits per heavy atom. The van der Waals surface area contributed by atoms with Crippen LogP contribution in [0.25, 0.3) is 22.3 Å². The van der Waals surface area contributed by atoms with E-state index in [9.17, 15) is 38.7 Å². The van der Waals surface area contributed by atoms with Gasteiger partial charge in [0.2, 0.25) is 0 Å². The Labute approximate surface area is 429 Å². The number of terminal acetylenes is 2. The summed E-state index contributed by atoms with van der Waals surface area (Å²) in [6.07, 6.45) is 10.7. The largest absolute Gasteiger partial charge is 0.478 e. The molecule has 0 unspecified atom stereocenters. The molecule has 0 saturated carbocycles. The molecule has 15 heteroatoms. The maximum absolute atomic E-state index is 12.7. The highest BCUT2D eigenvalue weighted by molar-refractivity contribution is 6.12. The molecule has 0 saturated heterocycles. The summed E-state index contributed by atoms with van der Waals surface area (Å²) in [7, 11) is 0. The molecule has 8 aromatic carbocycles. The number of hydrogen-bond acceptors (Lipinski definition) is 8. The van der Waals surface area contributed by atoms with E-state index < -0.39 is 29.8 Å². The van der Waals surface area contributed by atoms with Crippen molar-refractivity contribution >= 4 is 58.7 Å². The number of rotatable bonds is 12. The molecule has 0 spiro atoms. The van der Waals surface area contributed by atoms with Gasteiger partial charge in [-0.3, -0.25) is 14.4 Å². The normalized spacial score (nSPS) is 9.88. The van der Waals surface area contributed by atoms with E-state index in [-0.39, 0.29) is 50.9 Å². The van der Waals surface area contributed by atoms with Crippen LogP contribution >= 0.6 is 0 Å². The van der Waals surface area contributed by atoms with E-state index >= 15 is 0 Å². The Kier molecular flexibility index (Phi) is 17.7. The highest BCUT2D eigenvalue weighted by atomic mass is 16.4. The fourth-order valence-electron chi connectivity index (χ4n) is 7.21. The number of benzene rings is 8. The molecular formula is C60H40N4O11. The fourth-order valence-corrected chi connectivity index (χ4v) is 7.21. The molecule has 0 fully saturated rings. The molecule has 0 aliphatic heterocycles. The number of carboxylic acid groups (broad SMARTS) is 4. The van der Waals surface area contributed by atoms with Gasteiger partial charge in [0.05, 0.1) is 33.4 Å². The molecule has 0 aliphatic rings. The lowest BCUT2D eigenvalue weighted by Gasteiger charge is -2.12. The molecule has 0 bridgehead atoms. The molecule has 0 aromatic heterocycles. The van der Waals surface area contributed by atoms with E-state index in [4.69, 9.17) is 33.4 Å². The van der Waals surface area contributed by atoms with Crippen molar-refractivity contribution in [3.8, 4) is 53.0 Å². The molecule has 0 aliphatic carbocycles. The highest BCUT2D eigenvalue weighted by Gasteiger charge is 2.20. The van der Waals surface area contributed by atoms with Gasteiger partial charge in [0.25, 0.3) is 17.7 Å². The van der Waals surface area contributed by atoms with Crippen LogP contribution in [-0.4, -0.2) is 62.0 Å². The standard InChI is InChI=1S/2C22H15NO3.C16H10N2O5/c1-2-15-11-13-16(14-12-15)23-21(24)19-9-5-3-7-17(19)18-8-4-6-10-20(18)22(25)26;1-2-15-7-13-18(14-8-15)23-21(24)20-6-4-3-5-19(20)16-9-11-17(12-10-16)22(25)26;17-8-9-7-10(5-6-11(9)15(20)21)18-14(19)12-3-1-2-4-13(12)16(22)23/h2*1,3-14H,(H,23,24)(H,25,26);1-7H,(H,18,19)(H,20,21)(H,22,23). The minimum absolute atomic E-state index is 0.0409. The minimum atomic E-state index is -1.25. The van der Waals surface area contributed by atoms with Crippen molar-refractivity contribution in [2.45, 2.75) is 0 Å². The number of nitriles is 1. The predicted octanol–water partition coefficient (Wildman–Crippen LogP) is 10.8. The number of amides is 3. The molecule has 0 radical (unpaired) electrons. The van der Waals surface area contributed by atoms with Gasteiger partial charge in [-0.1, -0.05) is 90.7 Å². The molecule has 8 rings (SSSR count). The first kappa shape index (κ1) is 53.0. The van der Waals surface area contributed by atoms with Crippen LogP contribution in [0, 0.1) is 36.0 Å². The summed E-state index contributed by atoms with van der Waals surface area (Å²) >= 11 is 0. The Morgan fingerprint density at radius 3 is 1.20 bits per heavy atom. The molecular weight excluding hydrogens is 953 g/mol. The van der Waals surface area contributed by atoms with Gasteiger partial charge in [0.1, 0.15) is 6.07 Å². The number of anilines is 3. The molecule has 15 nitrogen and oxygen atoms in total. The van der Waals surface area contributed by atoms with Crippen molar-refractivity contribution in [3.05, 3.63) is 244 Å². The molecule has 0 atom stereocenters. The predicted molar refractivity (Wildman–Crippen MR) is 282 cm³/mol. The number of nitrogens with zero attached hydrogens (tertiary/aromatic N) is 1. The summed E-state index contributed by atoms with van der Waals surface area (Å²) in [6.45, 7) is 0. The maximum Gasteiger partial charge on any atom is 0.337 e. The Bertz CT molecular complexity index is 3620. The molecule has 7 N–H and O–H groups in total. The molecule has 3 amide bonds. The Hall–Kier alpha value is -11.3. The van der Waals surface area contributed by atoms with Crippen LogP contribution in [0.5, 0.6) is 0 Å². The molecule has 75 heavy (non-hydrogen) atoms. The zero-order valence-corrected chi connectivity index (χ0v) is 39.1. The van der Waals surface area contributed by atoms with Crippen molar-refractivity contribution in [3.63, 3.8) is 0 Å². The summed E-state index contributed by atoms with van der Waals surface area (Å²) in [5.41, 5.74) is 6.18. The van der Waals surface area contributed by atoms with Gasteiger partial charge in [-0.15, -0.1) is 12.8 Å².